The number of hydrogen-bond acceptors (Lipinski definition) is 3. The number of benzene rings is 1. The van der Waals surface area contributed by atoms with E-state index in [1.165, 1.54) is 0 Å². The maximum atomic E-state index is 15.8. The molecule has 0 aliphatic carbocycles. The summed E-state index contributed by atoms with van der Waals surface area (Å²) < 4.78 is 35.2. The van der Waals surface area contributed by atoms with Gasteiger partial charge in [-0.05, 0) is 27.2 Å². The summed E-state index contributed by atoms with van der Waals surface area (Å²) in [7, 11) is -0.349. The van der Waals surface area contributed by atoms with Gasteiger partial charge in [-0.2, -0.15) is 0 Å². The summed E-state index contributed by atoms with van der Waals surface area (Å²) in [6.45, 7) is 7.26. The van der Waals surface area contributed by atoms with Crippen LogP contribution in [0.3, 0.4) is 0 Å². The summed E-state index contributed by atoms with van der Waals surface area (Å²) in [6.07, 6.45) is 0.983. The van der Waals surface area contributed by atoms with Crippen molar-refractivity contribution >= 4 is 17.0 Å². The monoisotopic (exact) mass is 343 g/mol. The van der Waals surface area contributed by atoms with E-state index in [0.717, 1.165) is 7.11 Å². The Morgan fingerprint density at radius 1 is 1.30 bits per heavy atom. The molecule has 4 nitrogen and oxygen atoms in total. The van der Waals surface area contributed by atoms with Crippen molar-refractivity contribution in [2.24, 2.45) is 0 Å². The minimum atomic E-state index is -2.40. The number of carbonyl (C=O) groups is 1. The molecule has 1 N–H and O–H groups in total. The number of rotatable bonds is 7. The number of ether oxygens (including phenoxy) is 1. The molecule has 0 saturated heterocycles. The standard InChI is InChI=1S/C17H26FNO3S/c1-6-10-14(19-23(21)16(2,3)4)17(18,15(20)22-5)13-11-8-7-9-12-13/h7-9,11-12,14,19H,6,10H2,1-5H3/t14-,17-,23-/m1/s1. The Kier molecular flexibility index (Phi) is 6.89. The molecule has 0 spiro atoms. The van der Waals surface area contributed by atoms with Crippen LogP contribution in [0.5, 0.6) is 0 Å². The first-order valence-corrected chi connectivity index (χ1v) is 8.83. The molecule has 0 aromatic heterocycles. The zero-order chi connectivity index (χ0) is 17.7. The summed E-state index contributed by atoms with van der Waals surface area (Å²) in [5.41, 5.74) is -2.20. The van der Waals surface area contributed by atoms with Crippen molar-refractivity contribution in [3.05, 3.63) is 35.9 Å². The van der Waals surface area contributed by atoms with Crippen molar-refractivity contribution in [3.8, 4) is 0 Å². The van der Waals surface area contributed by atoms with E-state index in [9.17, 15) is 9.00 Å². The number of esters is 1. The Morgan fingerprint density at radius 2 is 1.87 bits per heavy atom. The third kappa shape index (κ3) is 4.61. The molecule has 3 atom stereocenters. The Morgan fingerprint density at radius 3 is 2.30 bits per heavy atom. The molecule has 0 bridgehead atoms. The third-order valence-corrected chi connectivity index (χ3v) is 5.15. The van der Waals surface area contributed by atoms with Crippen LogP contribution in [0.15, 0.2) is 30.3 Å². The second kappa shape index (κ2) is 8.02. The first kappa shape index (κ1) is 19.8. The molecule has 0 unspecified atom stereocenters. The molecule has 1 aromatic carbocycles. The molecular formula is C17H26FNO3S. The van der Waals surface area contributed by atoms with Crippen LogP contribution < -0.4 is 4.72 Å². The second-order valence-corrected chi connectivity index (χ2v) is 8.41. The van der Waals surface area contributed by atoms with E-state index in [0.29, 0.717) is 12.8 Å². The molecule has 0 heterocycles. The summed E-state index contributed by atoms with van der Waals surface area (Å²) >= 11 is 0. The molecule has 6 heteroatoms. The molecule has 0 radical (unpaired) electrons. The van der Waals surface area contributed by atoms with Gasteiger partial charge in [-0.3, -0.25) is 0 Å². The van der Waals surface area contributed by atoms with Gasteiger partial charge in [0.05, 0.1) is 28.9 Å². The fourth-order valence-electron chi connectivity index (χ4n) is 2.22. The Labute approximate surface area is 140 Å². The van der Waals surface area contributed by atoms with Gasteiger partial charge in [0.2, 0.25) is 5.67 Å². The van der Waals surface area contributed by atoms with E-state index in [-0.39, 0.29) is 5.56 Å². The Balaban J connectivity index is 3.30. The van der Waals surface area contributed by atoms with E-state index in [4.69, 9.17) is 4.74 Å². The normalized spacial score (nSPS) is 17.1. The minimum absolute atomic E-state index is 0.198. The van der Waals surface area contributed by atoms with Crippen LogP contribution >= 0.6 is 0 Å². The summed E-state index contributed by atoms with van der Waals surface area (Å²) in [5, 5.41) is 0. The lowest BCUT2D eigenvalue weighted by Gasteiger charge is -2.33. The highest BCUT2D eigenvalue weighted by Gasteiger charge is 2.50. The molecule has 130 valence electrons. The predicted octanol–water partition coefficient (Wildman–Crippen LogP) is 3.24. The van der Waals surface area contributed by atoms with Crippen molar-refractivity contribution in [2.45, 2.75) is 57.0 Å². The number of hydrogen-bond donors (Lipinski definition) is 1. The minimum Gasteiger partial charge on any atom is -0.466 e. The summed E-state index contributed by atoms with van der Waals surface area (Å²) in [4.78, 5) is 12.2. The number of methoxy groups -OCH3 is 1. The number of halogens is 1. The van der Waals surface area contributed by atoms with Gasteiger partial charge in [0.1, 0.15) is 0 Å². The van der Waals surface area contributed by atoms with Gasteiger partial charge in [-0.15, -0.1) is 0 Å². The lowest BCUT2D eigenvalue weighted by Crippen LogP contribution is -2.53. The maximum Gasteiger partial charge on any atom is 0.350 e. The van der Waals surface area contributed by atoms with Crippen molar-refractivity contribution in [2.75, 3.05) is 7.11 Å². The van der Waals surface area contributed by atoms with E-state index < -0.39 is 33.4 Å². The summed E-state index contributed by atoms with van der Waals surface area (Å²) in [5.74, 6) is -0.986. The van der Waals surface area contributed by atoms with Gasteiger partial charge >= 0.3 is 5.97 Å². The van der Waals surface area contributed by atoms with Crippen LogP contribution in [0, 0.1) is 0 Å². The lowest BCUT2D eigenvalue weighted by molar-refractivity contribution is -0.157. The highest BCUT2D eigenvalue weighted by molar-refractivity contribution is 7.84. The average Bonchev–Trinajstić information content (AvgIpc) is 2.52. The SMILES string of the molecule is CCC[C@@H](N[S@](=O)C(C)(C)C)[C@@](F)(C(=O)OC)c1ccccc1. The molecular weight excluding hydrogens is 317 g/mol. The Bertz CT molecular complexity index is 545. The first-order valence-electron chi connectivity index (χ1n) is 7.68. The third-order valence-electron chi connectivity index (χ3n) is 3.54. The van der Waals surface area contributed by atoms with Crippen LogP contribution in [0.4, 0.5) is 4.39 Å². The highest BCUT2D eigenvalue weighted by atomic mass is 32.2. The van der Waals surface area contributed by atoms with Crippen LogP contribution in [0.2, 0.25) is 0 Å². The quantitative estimate of drug-likeness (QED) is 0.773. The van der Waals surface area contributed by atoms with Crippen LogP contribution in [0.1, 0.15) is 46.1 Å². The van der Waals surface area contributed by atoms with Crippen LogP contribution in [0.25, 0.3) is 0 Å². The van der Waals surface area contributed by atoms with Gasteiger partial charge in [-0.1, -0.05) is 43.7 Å². The fourth-order valence-corrected chi connectivity index (χ4v) is 3.12. The lowest BCUT2D eigenvalue weighted by atomic mass is 9.86. The zero-order valence-corrected chi connectivity index (χ0v) is 15.2. The largest absolute Gasteiger partial charge is 0.466 e. The molecule has 0 saturated carbocycles. The smallest absolute Gasteiger partial charge is 0.350 e. The van der Waals surface area contributed by atoms with Crippen molar-refractivity contribution in [1.82, 2.24) is 4.72 Å². The molecule has 23 heavy (non-hydrogen) atoms. The van der Waals surface area contributed by atoms with Gasteiger partial charge in [0.15, 0.2) is 0 Å². The van der Waals surface area contributed by atoms with Crippen molar-refractivity contribution < 1.29 is 18.1 Å². The first-order chi connectivity index (χ1) is 10.7. The topological polar surface area (TPSA) is 55.4 Å². The average molecular weight is 343 g/mol. The highest BCUT2D eigenvalue weighted by Crippen LogP contribution is 2.34. The van der Waals surface area contributed by atoms with Gasteiger partial charge in [0, 0.05) is 5.56 Å². The van der Waals surface area contributed by atoms with E-state index in [1.807, 2.05) is 6.92 Å². The number of alkyl halides is 1. The summed E-state index contributed by atoms with van der Waals surface area (Å²) in [6, 6.07) is 7.22. The van der Waals surface area contributed by atoms with Crippen LogP contribution in [-0.4, -0.2) is 28.1 Å². The molecule has 0 aliphatic rings. The van der Waals surface area contributed by atoms with Crippen molar-refractivity contribution in [3.63, 3.8) is 0 Å². The van der Waals surface area contributed by atoms with Crippen molar-refractivity contribution in [1.29, 1.82) is 0 Å². The van der Waals surface area contributed by atoms with Gasteiger partial charge < -0.3 is 4.74 Å². The molecule has 0 aliphatic heterocycles. The number of carbonyl (C=O) groups excluding carboxylic acids is 1. The predicted molar refractivity (Wildman–Crippen MR) is 91.0 cm³/mol. The fraction of sp³-hybridized carbons (Fsp3) is 0.588. The molecule has 0 amide bonds. The van der Waals surface area contributed by atoms with Gasteiger partial charge in [0.25, 0.3) is 0 Å². The maximum absolute atomic E-state index is 15.8. The second-order valence-electron chi connectivity index (χ2n) is 6.41. The zero-order valence-electron chi connectivity index (χ0n) is 14.4. The molecule has 1 rings (SSSR count). The number of nitrogens with one attached hydrogen (secondary N) is 1. The molecule has 0 fully saturated rings. The van der Waals surface area contributed by atoms with E-state index in [2.05, 4.69) is 4.72 Å². The van der Waals surface area contributed by atoms with E-state index >= 15 is 4.39 Å². The van der Waals surface area contributed by atoms with Crippen LogP contribution in [-0.2, 0) is 26.2 Å². The van der Waals surface area contributed by atoms with Gasteiger partial charge in [-0.25, -0.2) is 18.1 Å². The molecule has 1 aromatic rings. The Hall–Kier alpha value is -1.27. The van der Waals surface area contributed by atoms with E-state index in [1.54, 1.807) is 51.1 Å².